The molecule has 7 heteroatoms. The van der Waals surface area contributed by atoms with Crippen LogP contribution >= 0.6 is 11.6 Å². The van der Waals surface area contributed by atoms with Crippen molar-refractivity contribution < 1.29 is 13.2 Å². The van der Waals surface area contributed by atoms with Gasteiger partial charge in [-0.05, 0) is 56.5 Å². The minimum absolute atomic E-state index is 0.0723. The number of rotatable bonds is 7. The van der Waals surface area contributed by atoms with E-state index in [4.69, 9.17) is 11.6 Å². The van der Waals surface area contributed by atoms with Crippen molar-refractivity contribution in [2.45, 2.75) is 45.6 Å². The molecule has 2 aromatic carbocycles. The fourth-order valence-corrected chi connectivity index (χ4v) is 4.25. The van der Waals surface area contributed by atoms with Crippen molar-refractivity contribution in [3.8, 4) is 0 Å². The predicted octanol–water partition coefficient (Wildman–Crippen LogP) is 4.31. The minimum atomic E-state index is -3.95. The van der Waals surface area contributed by atoms with Gasteiger partial charge in [0.2, 0.25) is 5.91 Å². The van der Waals surface area contributed by atoms with E-state index in [0.29, 0.717) is 16.3 Å². The van der Waals surface area contributed by atoms with Crippen LogP contribution in [0, 0.1) is 19.8 Å². The van der Waals surface area contributed by atoms with Crippen molar-refractivity contribution >= 4 is 33.2 Å². The van der Waals surface area contributed by atoms with Crippen LogP contribution in [0.2, 0.25) is 5.02 Å². The molecular weight excluding hydrogens is 396 g/mol. The van der Waals surface area contributed by atoms with Gasteiger partial charge in [0.25, 0.3) is 10.0 Å². The number of anilines is 1. The molecule has 0 heterocycles. The number of carbonyl (C=O) groups excluding carboxylic acids is 1. The molecule has 0 spiro atoms. The van der Waals surface area contributed by atoms with Crippen LogP contribution in [0.1, 0.15) is 31.9 Å². The molecule has 0 aliphatic carbocycles. The molecule has 1 unspecified atom stereocenters. The van der Waals surface area contributed by atoms with Gasteiger partial charge in [-0.1, -0.05) is 49.2 Å². The van der Waals surface area contributed by atoms with E-state index >= 15 is 0 Å². The number of hydrogen-bond acceptors (Lipinski definition) is 3. The summed E-state index contributed by atoms with van der Waals surface area (Å²) in [4.78, 5) is 12.7. The molecule has 1 amide bonds. The smallest absolute Gasteiger partial charge is 0.264 e. The minimum Gasteiger partial charge on any atom is -0.352 e. The first-order valence-corrected chi connectivity index (χ1v) is 11.0. The molecule has 0 aliphatic heterocycles. The van der Waals surface area contributed by atoms with Gasteiger partial charge in [0.05, 0.1) is 10.6 Å². The van der Waals surface area contributed by atoms with E-state index in [-0.39, 0.29) is 29.3 Å². The van der Waals surface area contributed by atoms with Crippen LogP contribution < -0.4 is 9.62 Å². The van der Waals surface area contributed by atoms with Crippen LogP contribution in [0.25, 0.3) is 0 Å². The number of aryl methyl sites for hydroxylation is 1. The third-order valence-electron chi connectivity index (χ3n) is 4.79. The fourth-order valence-electron chi connectivity index (χ4n) is 2.60. The van der Waals surface area contributed by atoms with Gasteiger partial charge in [-0.15, -0.1) is 0 Å². The summed E-state index contributed by atoms with van der Waals surface area (Å²) in [5.41, 5.74) is 1.94. The predicted molar refractivity (Wildman–Crippen MR) is 114 cm³/mol. The second-order valence-electron chi connectivity index (χ2n) is 7.31. The fraction of sp³-hybridized carbons (Fsp3) is 0.381. The van der Waals surface area contributed by atoms with Gasteiger partial charge >= 0.3 is 0 Å². The first-order valence-electron chi connectivity index (χ1n) is 9.18. The summed E-state index contributed by atoms with van der Waals surface area (Å²) < 4.78 is 27.9. The molecular formula is C21H27ClN2O3S. The molecule has 0 radical (unpaired) electrons. The van der Waals surface area contributed by atoms with Gasteiger partial charge in [-0.25, -0.2) is 8.42 Å². The molecule has 1 atom stereocenters. The summed E-state index contributed by atoms with van der Waals surface area (Å²) in [7, 11) is -3.95. The van der Waals surface area contributed by atoms with Gasteiger partial charge in [-0.3, -0.25) is 9.10 Å². The molecule has 5 nitrogen and oxygen atoms in total. The third kappa shape index (κ3) is 5.06. The Morgan fingerprint density at radius 1 is 1.07 bits per heavy atom. The molecule has 0 aliphatic rings. The Bertz CT molecular complexity index is 941. The average molecular weight is 423 g/mol. The Morgan fingerprint density at radius 3 is 2.25 bits per heavy atom. The lowest BCUT2D eigenvalue weighted by Crippen LogP contribution is -2.45. The molecule has 0 fully saturated rings. The Morgan fingerprint density at radius 2 is 1.68 bits per heavy atom. The average Bonchev–Trinajstić information content (AvgIpc) is 2.62. The largest absolute Gasteiger partial charge is 0.352 e. The van der Waals surface area contributed by atoms with E-state index in [0.717, 1.165) is 9.87 Å². The Hall–Kier alpha value is -2.05. The van der Waals surface area contributed by atoms with Crippen LogP contribution in [-0.4, -0.2) is 26.9 Å². The molecule has 0 bridgehead atoms. The number of amides is 1. The summed E-state index contributed by atoms with van der Waals surface area (Å²) in [6.07, 6.45) is 0. The molecule has 0 saturated carbocycles. The van der Waals surface area contributed by atoms with Crippen molar-refractivity contribution in [2.75, 3.05) is 10.8 Å². The molecule has 0 saturated heterocycles. The molecule has 2 rings (SSSR count). The molecule has 2 aromatic rings. The van der Waals surface area contributed by atoms with Gasteiger partial charge in [0.1, 0.15) is 6.54 Å². The number of benzene rings is 2. The van der Waals surface area contributed by atoms with Crippen LogP contribution in [0.15, 0.2) is 47.4 Å². The highest BCUT2D eigenvalue weighted by Gasteiger charge is 2.29. The van der Waals surface area contributed by atoms with Crippen molar-refractivity contribution in [3.63, 3.8) is 0 Å². The van der Waals surface area contributed by atoms with E-state index in [1.165, 1.54) is 0 Å². The molecule has 1 N–H and O–H groups in total. The van der Waals surface area contributed by atoms with Crippen LogP contribution in [0.5, 0.6) is 0 Å². The highest BCUT2D eigenvalue weighted by molar-refractivity contribution is 7.92. The van der Waals surface area contributed by atoms with Crippen LogP contribution in [0.3, 0.4) is 0 Å². The van der Waals surface area contributed by atoms with E-state index in [9.17, 15) is 13.2 Å². The summed E-state index contributed by atoms with van der Waals surface area (Å²) in [6.45, 7) is 9.18. The van der Waals surface area contributed by atoms with E-state index in [2.05, 4.69) is 5.32 Å². The van der Waals surface area contributed by atoms with Gasteiger partial charge in [0.15, 0.2) is 0 Å². The molecule has 28 heavy (non-hydrogen) atoms. The summed E-state index contributed by atoms with van der Waals surface area (Å²) in [6, 6.07) is 11.5. The van der Waals surface area contributed by atoms with Gasteiger partial charge in [0, 0.05) is 11.1 Å². The Labute approximate surface area is 172 Å². The number of halogens is 1. The number of hydrogen-bond donors (Lipinski definition) is 1. The maximum atomic E-state index is 13.4. The van der Waals surface area contributed by atoms with E-state index in [1.54, 1.807) is 49.4 Å². The zero-order chi connectivity index (χ0) is 21.1. The lowest BCUT2D eigenvalue weighted by atomic mass is 10.1. The van der Waals surface area contributed by atoms with Crippen LogP contribution in [-0.2, 0) is 14.8 Å². The Balaban J connectivity index is 2.48. The summed E-state index contributed by atoms with van der Waals surface area (Å²) in [5, 5.41) is 3.31. The summed E-state index contributed by atoms with van der Waals surface area (Å²) >= 11 is 6.22. The van der Waals surface area contributed by atoms with Crippen LogP contribution in [0.4, 0.5) is 5.69 Å². The number of nitrogens with one attached hydrogen (secondary N) is 1. The standard InChI is InChI=1S/C21H27ClN2O3S/c1-14(2)17(5)23-21(25)13-24(20-8-6-7-19(22)16(20)4)28(26,27)18-11-9-15(3)10-12-18/h6-12,14,17H,13H2,1-5H3,(H,23,25). The lowest BCUT2D eigenvalue weighted by Gasteiger charge is -2.27. The van der Waals surface area contributed by atoms with Gasteiger partial charge in [-0.2, -0.15) is 0 Å². The quantitative estimate of drug-likeness (QED) is 0.722. The first-order chi connectivity index (χ1) is 13.0. The van der Waals surface area contributed by atoms with Crippen molar-refractivity contribution in [2.24, 2.45) is 5.92 Å². The molecule has 0 aromatic heterocycles. The topological polar surface area (TPSA) is 66.5 Å². The Kier molecular flexibility index (Phi) is 7.12. The number of carbonyl (C=O) groups is 1. The number of nitrogens with zero attached hydrogens (tertiary/aromatic N) is 1. The molecule has 152 valence electrons. The van der Waals surface area contributed by atoms with Crippen molar-refractivity contribution in [1.82, 2.24) is 5.32 Å². The van der Waals surface area contributed by atoms with Crippen molar-refractivity contribution in [3.05, 3.63) is 58.6 Å². The van der Waals surface area contributed by atoms with Gasteiger partial charge < -0.3 is 5.32 Å². The van der Waals surface area contributed by atoms with E-state index < -0.39 is 10.0 Å². The summed E-state index contributed by atoms with van der Waals surface area (Å²) in [5.74, 6) is -0.129. The maximum absolute atomic E-state index is 13.4. The monoisotopic (exact) mass is 422 g/mol. The zero-order valence-corrected chi connectivity index (χ0v) is 18.4. The van der Waals surface area contributed by atoms with E-state index in [1.807, 2.05) is 27.7 Å². The van der Waals surface area contributed by atoms with Crippen molar-refractivity contribution in [1.29, 1.82) is 0 Å². The zero-order valence-electron chi connectivity index (χ0n) is 16.9. The normalized spacial score (nSPS) is 12.7. The highest BCUT2D eigenvalue weighted by atomic mass is 35.5. The lowest BCUT2D eigenvalue weighted by molar-refractivity contribution is -0.120. The third-order valence-corrected chi connectivity index (χ3v) is 6.98. The second kappa shape index (κ2) is 8.97. The maximum Gasteiger partial charge on any atom is 0.264 e. The second-order valence-corrected chi connectivity index (χ2v) is 9.58. The highest BCUT2D eigenvalue weighted by Crippen LogP contribution is 2.30. The number of sulfonamides is 1. The first kappa shape index (κ1) is 22.2. The SMILES string of the molecule is Cc1ccc(S(=O)(=O)N(CC(=O)NC(C)C(C)C)c2cccc(Cl)c2C)cc1.